The molecular formula is C13H26. The van der Waals surface area contributed by atoms with Gasteiger partial charge in [-0.05, 0) is 42.4 Å². The molecule has 0 heteroatoms. The van der Waals surface area contributed by atoms with Crippen LogP contribution in [-0.2, 0) is 0 Å². The minimum absolute atomic E-state index is 0.675. The lowest BCUT2D eigenvalue weighted by Gasteiger charge is -2.41. The van der Waals surface area contributed by atoms with Crippen molar-refractivity contribution in [1.29, 1.82) is 0 Å². The van der Waals surface area contributed by atoms with Gasteiger partial charge >= 0.3 is 0 Å². The fourth-order valence-corrected chi connectivity index (χ4v) is 3.69. The highest BCUT2D eigenvalue weighted by molar-refractivity contribution is 4.94. The molecule has 1 aliphatic carbocycles. The average Bonchev–Trinajstić information content (AvgIpc) is 2.48. The second kappa shape index (κ2) is 4.02. The average molecular weight is 182 g/mol. The first-order chi connectivity index (χ1) is 6.04. The maximum Gasteiger partial charge on any atom is -0.0246 e. The van der Waals surface area contributed by atoms with E-state index >= 15 is 0 Å². The maximum absolute atomic E-state index is 2.42. The molecule has 0 heterocycles. The molecule has 1 aliphatic rings. The lowest BCUT2D eigenvalue weighted by molar-refractivity contribution is 0.0829. The van der Waals surface area contributed by atoms with E-state index in [0.29, 0.717) is 5.41 Å². The molecule has 0 bridgehead atoms. The van der Waals surface area contributed by atoms with Crippen molar-refractivity contribution < 1.29 is 0 Å². The van der Waals surface area contributed by atoms with Gasteiger partial charge in [0.15, 0.2) is 0 Å². The highest BCUT2D eigenvalue weighted by Crippen LogP contribution is 2.53. The molecule has 2 atom stereocenters. The van der Waals surface area contributed by atoms with Crippen LogP contribution >= 0.6 is 0 Å². The van der Waals surface area contributed by atoms with Gasteiger partial charge in [-0.1, -0.05) is 41.0 Å². The van der Waals surface area contributed by atoms with Gasteiger partial charge in [0.1, 0.15) is 0 Å². The summed E-state index contributed by atoms with van der Waals surface area (Å²) in [5.41, 5.74) is 0.675. The van der Waals surface area contributed by atoms with Crippen LogP contribution < -0.4 is 0 Å². The SMILES string of the molecule is CCC1(C(C)C)CCCC1C(C)C. The van der Waals surface area contributed by atoms with E-state index in [1.54, 1.807) is 0 Å². The first-order valence-electron chi connectivity index (χ1n) is 6.04. The van der Waals surface area contributed by atoms with Gasteiger partial charge in [-0.25, -0.2) is 0 Å². The van der Waals surface area contributed by atoms with E-state index in [2.05, 4.69) is 34.6 Å². The Morgan fingerprint density at radius 1 is 1.23 bits per heavy atom. The van der Waals surface area contributed by atoms with Crippen molar-refractivity contribution >= 4 is 0 Å². The standard InChI is InChI=1S/C13H26/c1-6-13(11(4)5)9-7-8-12(13)10(2)3/h10-12H,6-9H2,1-5H3. The molecule has 0 aromatic rings. The number of hydrogen-bond donors (Lipinski definition) is 0. The Labute approximate surface area is 84.1 Å². The molecule has 0 N–H and O–H groups in total. The number of hydrogen-bond acceptors (Lipinski definition) is 0. The van der Waals surface area contributed by atoms with Crippen LogP contribution in [0.3, 0.4) is 0 Å². The van der Waals surface area contributed by atoms with Crippen molar-refractivity contribution in [2.45, 2.75) is 60.3 Å². The van der Waals surface area contributed by atoms with E-state index in [1.165, 1.54) is 25.7 Å². The second-order valence-electron chi connectivity index (χ2n) is 5.48. The Hall–Kier alpha value is 0. The zero-order chi connectivity index (χ0) is 10.1. The van der Waals surface area contributed by atoms with Gasteiger partial charge in [-0.15, -0.1) is 0 Å². The van der Waals surface area contributed by atoms with Crippen LogP contribution in [0.1, 0.15) is 60.3 Å². The van der Waals surface area contributed by atoms with Crippen LogP contribution in [0.4, 0.5) is 0 Å². The number of rotatable bonds is 3. The highest BCUT2D eigenvalue weighted by atomic mass is 14.5. The third-order valence-corrected chi connectivity index (χ3v) is 4.51. The van der Waals surface area contributed by atoms with E-state index in [-0.39, 0.29) is 0 Å². The Kier molecular flexibility index (Phi) is 3.43. The van der Waals surface area contributed by atoms with Crippen molar-refractivity contribution in [2.24, 2.45) is 23.2 Å². The van der Waals surface area contributed by atoms with Gasteiger partial charge < -0.3 is 0 Å². The monoisotopic (exact) mass is 182 g/mol. The van der Waals surface area contributed by atoms with Gasteiger partial charge in [0.05, 0.1) is 0 Å². The molecule has 1 rings (SSSR count). The molecule has 2 unspecified atom stereocenters. The van der Waals surface area contributed by atoms with Crippen LogP contribution in [0.25, 0.3) is 0 Å². The fraction of sp³-hybridized carbons (Fsp3) is 1.00. The molecule has 0 spiro atoms. The third-order valence-electron chi connectivity index (χ3n) is 4.51. The predicted octanol–water partition coefficient (Wildman–Crippen LogP) is 4.49. The van der Waals surface area contributed by atoms with Crippen LogP contribution in [-0.4, -0.2) is 0 Å². The quantitative estimate of drug-likeness (QED) is 0.603. The lowest BCUT2D eigenvalue weighted by atomic mass is 9.64. The minimum Gasteiger partial charge on any atom is -0.0648 e. The summed E-state index contributed by atoms with van der Waals surface area (Å²) >= 11 is 0. The summed E-state index contributed by atoms with van der Waals surface area (Å²) in [6.45, 7) is 12.0. The van der Waals surface area contributed by atoms with Crippen molar-refractivity contribution in [3.63, 3.8) is 0 Å². The summed E-state index contributed by atoms with van der Waals surface area (Å²) in [6.07, 6.45) is 5.80. The lowest BCUT2D eigenvalue weighted by Crippen LogP contribution is -2.33. The first kappa shape index (κ1) is 11.1. The smallest absolute Gasteiger partial charge is 0.0246 e. The molecule has 0 aromatic heterocycles. The van der Waals surface area contributed by atoms with E-state index < -0.39 is 0 Å². The summed E-state index contributed by atoms with van der Waals surface area (Å²) in [5.74, 6) is 2.73. The van der Waals surface area contributed by atoms with Crippen molar-refractivity contribution in [2.75, 3.05) is 0 Å². The molecule has 0 saturated heterocycles. The molecule has 0 amide bonds. The van der Waals surface area contributed by atoms with Gasteiger partial charge in [0.2, 0.25) is 0 Å². The molecule has 78 valence electrons. The molecule has 1 fully saturated rings. The van der Waals surface area contributed by atoms with Gasteiger partial charge in [0, 0.05) is 0 Å². The minimum atomic E-state index is 0.675. The zero-order valence-corrected chi connectivity index (χ0v) is 10.1. The van der Waals surface area contributed by atoms with Gasteiger partial charge in [-0.2, -0.15) is 0 Å². The highest BCUT2D eigenvalue weighted by Gasteiger charge is 2.44. The summed E-state index contributed by atoms with van der Waals surface area (Å²) in [7, 11) is 0. The van der Waals surface area contributed by atoms with E-state index in [9.17, 15) is 0 Å². The predicted molar refractivity (Wildman–Crippen MR) is 59.7 cm³/mol. The van der Waals surface area contributed by atoms with E-state index in [0.717, 1.165) is 17.8 Å². The Bertz CT molecular complexity index is 157. The Morgan fingerprint density at radius 3 is 2.15 bits per heavy atom. The van der Waals surface area contributed by atoms with Crippen LogP contribution in [0.2, 0.25) is 0 Å². The molecule has 13 heavy (non-hydrogen) atoms. The molecule has 0 nitrogen and oxygen atoms in total. The fourth-order valence-electron chi connectivity index (χ4n) is 3.69. The van der Waals surface area contributed by atoms with Gasteiger partial charge in [-0.3, -0.25) is 0 Å². The molecule has 0 radical (unpaired) electrons. The largest absolute Gasteiger partial charge is 0.0648 e. The maximum atomic E-state index is 2.42. The van der Waals surface area contributed by atoms with E-state index in [1.807, 2.05) is 0 Å². The summed E-state index contributed by atoms with van der Waals surface area (Å²) in [4.78, 5) is 0. The third kappa shape index (κ3) is 1.78. The van der Waals surface area contributed by atoms with E-state index in [4.69, 9.17) is 0 Å². The molecular weight excluding hydrogens is 156 g/mol. The van der Waals surface area contributed by atoms with Crippen molar-refractivity contribution in [3.05, 3.63) is 0 Å². The van der Waals surface area contributed by atoms with Crippen molar-refractivity contribution in [3.8, 4) is 0 Å². The summed E-state index contributed by atoms with van der Waals surface area (Å²) < 4.78 is 0. The van der Waals surface area contributed by atoms with Crippen LogP contribution in [0.5, 0.6) is 0 Å². The Morgan fingerprint density at radius 2 is 1.85 bits per heavy atom. The van der Waals surface area contributed by atoms with Crippen LogP contribution in [0, 0.1) is 23.2 Å². The molecule has 0 aromatic carbocycles. The molecule has 0 aliphatic heterocycles. The first-order valence-corrected chi connectivity index (χ1v) is 6.04. The van der Waals surface area contributed by atoms with Gasteiger partial charge in [0.25, 0.3) is 0 Å². The topological polar surface area (TPSA) is 0 Å². The summed E-state index contributed by atoms with van der Waals surface area (Å²) in [5, 5.41) is 0. The molecule has 1 saturated carbocycles. The summed E-state index contributed by atoms with van der Waals surface area (Å²) in [6, 6.07) is 0. The normalized spacial score (nSPS) is 34.8. The zero-order valence-electron chi connectivity index (χ0n) is 10.1. The van der Waals surface area contributed by atoms with Crippen molar-refractivity contribution in [1.82, 2.24) is 0 Å². The second-order valence-corrected chi connectivity index (χ2v) is 5.48. The van der Waals surface area contributed by atoms with Crippen LogP contribution in [0.15, 0.2) is 0 Å². The Balaban J connectivity index is 2.83.